The van der Waals surface area contributed by atoms with E-state index in [0.29, 0.717) is 0 Å². The Kier molecular flexibility index (Phi) is 11.5. The zero-order chi connectivity index (χ0) is 39.3. The number of rotatable bonds is 9. The molecule has 0 bridgehead atoms. The Morgan fingerprint density at radius 1 is 0.630 bits per heavy atom. The Balaban J connectivity index is 1.31. The maximum absolute atomic E-state index is 13.9. The van der Waals surface area contributed by atoms with Crippen LogP contribution in [0, 0.1) is 0 Å². The summed E-state index contributed by atoms with van der Waals surface area (Å²) in [6.45, 7) is -0.00631. The summed E-state index contributed by atoms with van der Waals surface area (Å²) in [5.74, 6) is -3.60. The number of phenolic OH excluding ortho intramolecular Hbond substituents is 3. The van der Waals surface area contributed by atoms with E-state index in [1.165, 1.54) is 13.0 Å². The van der Waals surface area contributed by atoms with Crippen LogP contribution < -0.4 is 14.9 Å². The highest BCUT2D eigenvalue weighted by Gasteiger charge is 2.48. The topological polar surface area (TPSA) is 349 Å². The standard InChI is InChI=1S/C33H40O21/c1-9-19(38)23(42)26(45)31(49-9)48-8-17-21(40)25(44)27(46)32(53-17)50-11-5-14(37)18-15(6-11)51-29(10-2-3-12(35)13(36)4-10)30(22(18)41)54-33-28(47)24(43)20(39)16(7-34)52-33/h2-6,9,16-17,19-21,23-28,31-40,42-47H,7-8H2,1H3/t9-,16-,17+,19-,20-,21+,23+,24+,25-,26+,27+,28-,31+,32+,33+/m1/s1. The first kappa shape index (κ1) is 39.8. The molecular weight excluding hydrogens is 732 g/mol. The van der Waals surface area contributed by atoms with Crippen LogP contribution in [0.3, 0.4) is 0 Å². The summed E-state index contributed by atoms with van der Waals surface area (Å²) in [5, 5.41) is 133. The van der Waals surface area contributed by atoms with Crippen molar-refractivity contribution in [3.05, 3.63) is 40.6 Å². The van der Waals surface area contributed by atoms with Crippen LogP contribution in [0.2, 0.25) is 0 Å². The van der Waals surface area contributed by atoms with Crippen molar-refractivity contribution in [2.45, 2.75) is 99.0 Å². The normalized spacial score (nSPS) is 37.3. The molecule has 3 saturated heterocycles. The molecule has 3 fully saturated rings. The van der Waals surface area contributed by atoms with Gasteiger partial charge in [0.2, 0.25) is 23.8 Å². The van der Waals surface area contributed by atoms with Gasteiger partial charge in [0, 0.05) is 17.7 Å². The van der Waals surface area contributed by atoms with E-state index in [-0.39, 0.29) is 11.3 Å². The molecule has 54 heavy (non-hydrogen) atoms. The lowest BCUT2D eigenvalue weighted by molar-refractivity contribution is -0.318. The van der Waals surface area contributed by atoms with Crippen molar-refractivity contribution in [1.29, 1.82) is 0 Å². The van der Waals surface area contributed by atoms with Crippen molar-refractivity contribution in [2.75, 3.05) is 13.2 Å². The third-order valence-corrected chi connectivity index (χ3v) is 9.38. The molecule has 0 radical (unpaired) electrons. The van der Waals surface area contributed by atoms with Crippen LogP contribution in [-0.4, -0.2) is 172 Å². The number of aliphatic hydroxyl groups is 10. The highest BCUT2D eigenvalue weighted by atomic mass is 16.7. The van der Waals surface area contributed by atoms with E-state index in [4.69, 9.17) is 32.8 Å². The minimum atomic E-state index is -1.98. The van der Waals surface area contributed by atoms with Crippen LogP contribution in [0.1, 0.15) is 6.92 Å². The van der Waals surface area contributed by atoms with E-state index in [1.807, 2.05) is 0 Å². The molecule has 298 valence electrons. The quantitative estimate of drug-likeness (QED) is 0.0917. The van der Waals surface area contributed by atoms with Gasteiger partial charge < -0.3 is 99.2 Å². The first-order chi connectivity index (χ1) is 25.5. The van der Waals surface area contributed by atoms with Crippen LogP contribution >= 0.6 is 0 Å². The molecule has 3 aromatic rings. The van der Waals surface area contributed by atoms with E-state index in [1.54, 1.807) is 0 Å². The summed E-state index contributed by atoms with van der Waals surface area (Å²) in [4.78, 5) is 13.9. The van der Waals surface area contributed by atoms with Gasteiger partial charge >= 0.3 is 0 Å². The lowest BCUT2D eigenvalue weighted by Crippen LogP contribution is -2.61. The van der Waals surface area contributed by atoms with Gasteiger partial charge in [-0.3, -0.25) is 4.79 Å². The first-order valence-corrected chi connectivity index (χ1v) is 16.5. The van der Waals surface area contributed by atoms with Gasteiger partial charge in [0.25, 0.3) is 0 Å². The van der Waals surface area contributed by atoms with E-state index < -0.39 is 150 Å². The molecule has 4 heterocycles. The second kappa shape index (κ2) is 15.7. The Morgan fingerprint density at radius 2 is 1.22 bits per heavy atom. The third kappa shape index (κ3) is 7.39. The number of hydrogen-bond acceptors (Lipinski definition) is 21. The Morgan fingerprint density at radius 3 is 1.87 bits per heavy atom. The number of aliphatic hydroxyl groups excluding tert-OH is 10. The van der Waals surface area contributed by atoms with Crippen molar-refractivity contribution >= 4 is 11.0 Å². The van der Waals surface area contributed by atoms with Crippen molar-refractivity contribution < 1.29 is 99.2 Å². The van der Waals surface area contributed by atoms with Gasteiger partial charge in [-0.15, -0.1) is 0 Å². The summed E-state index contributed by atoms with van der Waals surface area (Å²) in [5.41, 5.74) is -1.63. The number of aromatic hydroxyl groups is 3. The van der Waals surface area contributed by atoms with Crippen molar-refractivity contribution in [1.82, 2.24) is 0 Å². The van der Waals surface area contributed by atoms with E-state index in [9.17, 15) is 71.2 Å². The zero-order valence-corrected chi connectivity index (χ0v) is 28.0. The Labute approximate surface area is 303 Å². The molecule has 0 spiro atoms. The fourth-order valence-corrected chi connectivity index (χ4v) is 6.19. The molecule has 0 saturated carbocycles. The SMILES string of the molecule is C[C@H]1O[C@H](OC[C@@H]2O[C@H](Oc3cc(O)c4c(=O)c(O[C@@H]5O[C@H](CO)[C@@H](O)[C@H](O)[C@H]5O)c(-c5ccc(O)c(O)c5)oc4c3)[C@@H](O)[C@H](O)[C@H]2O)[C@@H](O)[C@@H](O)[C@@H]1O. The van der Waals surface area contributed by atoms with Gasteiger partial charge in [-0.2, -0.15) is 0 Å². The van der Waals surface area contributed by atoms with E-state index >= 15 is 0 Å². The second-order valence-corrected chi connectivity index (χ2v) is 13.1. The fraction of sp³-hybridized carbons (Fsp3) is 0.545. The molecule has 3 aliphatic heterocycles. The molecule has 21 nitrogen and oxygen atoms in total. The first-order valence-electron chi connectivity index (χ1n) is 16.5. The second-order valence-electron chi connectivity index (χ2n) is 13.1. The van der Waals surface area contributed by atoms with Crippen LogP contribution in [0.25, 0.3) is 22.3 Å². The van der Waals surface area contributed by atoms with Gasteiger partial charge in [0.15, 0.2) is 23.5 Å². The van der Waals surface area contributed by atoms with Gasteiger partial charge in [-0.05, 0) is 25.1 Å². The average Bonchev–Trinajstić information content (AvgIpc) is 3.14. The maximum atomic E-state index is 13.9. The predicted molar refractivity (Wildman–Crippen MR) is 173 cm³/mol. The predicted octanol–water partition coefficient (Wildman–Crippen LogP) is -4.21. The molecule has 6 rings (SSSR count). The average molecular weight is 773 g/mol. The maximum Gasteiger partial charge on any atom is 0.239 e. The number of ether oxygens (including phenoxy) is 6. The van der Waals surface area contributed by atoms with Crippen LogP contribution in [0.15, 0.2) is 39.5 Å². The Bertz CT molecular complexity index is 1850. The molecular formula is C33H40O21. The molecule has 15 atom stereocenters. The molecule has 3 aliphatic rings. The largest absolute Gasteiger partial charge is 0.507 e. The zero-order valence-electron chi connectivity index (χ0n) is 28.0. The summed E-state index contributed by atoms with van der Waals surface area (Å²) in [6.07, 6.45) is -25.0. The van der Waals surface area contributed by atoms with Crippen LogP contribution in [0.4, 0.5) is 0 Å². The summed E-state index contributed by atoms with van der Waals surface area (Å²) in [7, 11) is 0. The van der Waals surface area contributed by atoms with Crippen molar-refractivity contribution in [3.8, 4) is 40.1 Å². The smallest absolute Gasteiger partial charge is 0.239 e. The lowest BCUT2D eigenvalue weighted by Gasteiger charge is -2.42. The number of phenols is 3. The Hall–Kier alpha value is -3.91. The molecule has 13 N–H and O–H groups in total. The number of benzene rings is 2. The molecule has 0 amide bonds. The monoisotopic (exact) mass is 772 g/mol. The number of hydrogen-bond donors (Lipinski definition) is 13. The van der Waals surface area contributed by atoms with Crippen LogP contribution in [-0.2, 0) is 18.9 Å². The minimum absolute atomic E-state index is 0.107. The molecule has 1 aromatic heterocycles. The molecule has 0 unspecified atom stereocenters. The number of fused-ring (bicyclic) bond motifs is 1. The molecule has 0 aliphatic carbocycles. The fourth-order valence-electron chi connectivity index (χ4n) is 6.19. The molecule has 2 aromatic carbocycles. The summed E-state index contributed by atoms with van der Waals surface area (Å²) < 4.78 is 39.1. The van der Waals surface area contributed by atoms with Gasteiger partial charge in [0.05, 0.1) is 19.3 Å². The van der Waals surface area contributed by atoms with Gasteiger partial charge in [-0.1, -0.05) is 0 Å². The van der Waals surface area contributed by atoms with Gasteiger partial charge in [-0.25, -0.2) is 0 Å². The van der Waals surface area contributed by atoms with Crippen LogP contribution in [0.5, 0.6) is 28.7 Å². The lowest BCUT2D eigenvalue weighted by atomic mass is 9.98. The van der Waals surface area contributed by atoms with Crippen molar-refractivity contribution in [2.24, 2.45) is 0 Å². The summed E-state index contributed by atoms with van der Waals surface area (Å²) >= 11 is 0. The highest BCUT2D eigenvalue weighted by Crippen LogP contribution is 2.40. The van der Waals surface area contributed by atoms with Crippen molar-refractivity contribution in [3.63, 3.8) is 0 Å². The molecule has 21 heteroatoms. The minimum Gasteiger partial charge on any atom is -0.507 e. The third-order valence-electron chi connectivity index (χ3n) is 9.38. The van der Waals surface area contributed by atoms with Gasteiger partial charge in [0.1, 0.15) is 89.6 Å². The van der Waals surface area contributed by atoms with E-state index in [0.717, 1.165) is 24.3 Å². The highest BCUT2D eigenvalue weighted by molar-refractivity contribution is 5.88. The van der Waals surface area contributed by atoms with E-state index in [2.05, 4.69) is 0 Å². The summed E-state index contributed by atoms with van der Waals surface area (Å²) in [6, 6.07) is 5.15.